The van der Waals surface area contributed by atoms with Crippen LogP contribution in [0.5, 0.6) is 0 Å². The average molecular weight is 537 g/mol. The minimum absolute atomic E-state index is 0.0965. The van der Waals surface area contributed by atoms with Crippen molar-refractivity contribution in [3.63, 3.8) is 0 Å². The second-order valence-corrected chi connectivity index (χ2v) is 9.41. The first-order valence-corrected chi connectivity index (χ1v) is 12.5. The summed E-state index contributed by atoms with van der Waals surface area (Å²) in [4.78, 5) is 20.1. The van der Waals surface area contributed by atoms with Crippen molar-refractivity contribution >= 4 is 11.9 Å². The monoisotopic (exact) mass is 536 g/mol. The number of carboxylic acid groups (broad SMARTS) is 2. The van der Waals surface area contributed by atoms with Crippen molar-refractivity contribution in [1.29, 1.82) is 0 Å². The molecule has 0 radical (unpaired) electrons. The number of aliphatic carboxylic acids is 2. The molecule has 8 N–H and O–H groups in total. The van der Waals surface area contributed by atoms with Crippen LogP contribution in [0.4, 0.5) is 0 Å². The average Bonchev–Trinajstić information content (AvgIpc) is 2.82. The van der Waals surface area contributed by atoms with Gasteiger partial charge in [-0.1, -0.05) is 60.7 Å². The molecular weight excluding hydrogens is 492 g/mol. The lowest BCUT2D eigenvalue weighted by atomic mass is 9.99. The van der Waals surface area contributed by atoms with Crippen LogP contribution < -0.4 is 10.6 Å². The molecule has 0 fully saturated rings. The summed E-state index contributed by atoms with van der Waals surface area (Å²) in [6.07, 6.45) is -0.459. The summed E-state index contributed by atoms with van der Waals surface area (Å²) in [7, 11) is 0. The molecule has 0 saturated heterocycles. The molecule has 0 saturated carbocycles. The van der Waals surface area contributed by atoms with Gasteiger partial charge in [0.1, 0.15) is 0 Å². The number of carboxylic acids is 2. The summed E-state index contributed by atoms with van der Waals surface area (Å²) in [5.41, 5.74) is 0.113. The van der Waals surface area contributed by atoms with Gasteiger partial charge in [0.05, 0.1) is 24.0 Å². The van der Waals surface area contributed by atoms with Crippen molar-refractivity contribution in [3.8, 4) is 0 Å². The quantitative estimate of drug-likeness (QED) is 0.156. The summed E-state index contributed by atoms with van der Waals surface area (Å²) in [5, 5.41) is 58.3. The Morgan fingerprint density at radius 1 is 0.658 bits per heavy atom. The Labute approximate surface area is 225 Å². The van der Waals surface area contributed by atoms with Crippen LogP contribution in [0.15, 0.2) is 60.7 Å². The molecule has 0 bridgehead atoms. The third kappa shape index (κ3) is 21.2. The zero-order chi connectivity index (χ0) is 28.9. The van der Waals surface area contributed by atoms with Gasteiger partial charge in [-0.15, -0.1) is 0 Å². The maximum absolute atomic E-state index is 10.0. The summed E-state index contributed by atoms with van der Waals surface area (Å²) in [6, 6.07) is 21.0. The Bertz CT molecular complexity index is 803. The Morgan fingerprint density at radius 2 is 0.974 bits per heavy atom. The molecule has 10 heteroatoms. The maximum atomic E-state index is 10.0. The lowest BCUT2D eigenvalue weighted by Gasteiger charge is -2.18. The summed E-state index contributed by atoms with van der Waals surface area (Å²) < 4.78 is 0. The van der Waals surface area contributed by atoms with Gasteiger partial charge in [-0.3, -0.25) is 9.59 Å². The van der Waals surface area contributed by atoms with Gasteiger partial charge in [0, 0.05) is 39.4 Å². The molecule has 2 rings (SSSR count). The summed E-state index contributed by atoms with van der Waals surface area (Å²) >= 11 is 0. The summed E-state index contributed by atoms with van der Waals surface area (Å²) in [6.45, 7) is 6.24. The van der Waals surface area contributed by atoms with Crippen molar-refractivity contribution in [1.82, 2.24) is 10.6 Å². The first-order valence-electron chi connectivity index (χ1n) is 12.5. The highest BCUT2D eigenvalue weighted by Gasteiger charge is 2.23. The number of aliphatic hydroxyl groups is 4. The third-order valence-corrected chi connectivity index (χ3v) is 5.19. The highest BCUT2D eigenvalue weighted by molar-refractivity contribution is 5.68. The van der Waals surface area contributed by atoms with E-state index in [1.54, 1.807) is 0 Å². The van der Waals surface area contributed by atoms with Crippen LogP contribution in [0, 0.1) is 0 Å². The van der Waals surface area contributed by atoms with Gasteiger partial charge in [-0.25, -0.2) is 0 Å². The first-order chi connectivity index (χ1) is 17.9. The molecule has 0 aliphatic carbocycles. The minimum atomic E-state index is -1.28. The zero-order valence-corrected chi connectivity index (χ0v) is 22.3. The standard InChI is InChI=1S/C16H20N2.2C6H12O4/c1-3-7-15(8-4-1)13-17-11-12-18-14-16-9-5-2-6-10-16;2*1-6(10,2-3-7)4-5(8)9/h1-10,17-18H,11-14H2;2*7,10H,2-4H2,1H3,(H,8,9). The van der Waals surface area contributed by atoms with Crippen LogP contribution in [0.25, 0.3) is 0 Å². The van der Waals surface area contributed by atoms with Crippen LogP contribution >= 0.6 is 0 Å². The van der Waals surface area contributed by atoms with E-state index in [9.17, 15) is 9.59 Å². The van der Waals surface area contributed by atoms with Crippen molar-refractivity contribution in [3.05, 3.63) is 71.8 Å². The molecule has 2 aromatic carbocycles. The molecule has 214 valence electrons. The van der Waals surface area contributed by atoms with Gasteiger partial charge < -0.3 is 41.3 Å². The highest BCUT2D eigenvalue weighted by Crippen LogP contribution is 2.13. The molecule has 2 unspecified atom stereocenters. The fourth-order valence-electron chi connectivity index (χ4n) is 3.14. The fourth-order valence-corrected chi connectivity index (χ4v) is 3.14. The van der Waals surface area contributed by atoms with Crippen molar-refractivity contribution in [2.75, 3.05) is 26.3 Å². The van der Waals surface area contributed by atoms with E-state index in [1.807, 2.05) is 12.1 Å². The second kappa shape index (κ2) is 20.1. The molecular formula is C28H44N2O8. The number of benzene rings is 2. The molecule has 2 atom stereocenters. The van der Waals surface area contributed by atoms with Gasteiger partial charge in [-0.2, -0.15) is 0 Å². The number of hydrogen-bond acceptors (Lipinski definition) is 8. The third-order valence-electron chi connectivity index (χ3n) is 5.19. The fraction of sp³-hybridized carbons (Fsp3) is 0.500. The van der Waals surface area contributed by atoms with E-state index < -0.39 is 23.1 Å². The van der Waals surface area contributed by atoms with Crippen molar-refractivity contribution in [2.24, 2.45) is 0 Å². The van der Waals surface area contributed by atoms with Gasteiger partial charge in [-0.05, 0) is 37.8 Å². The highest BCUT2D eigenvalue weighted by atomic mass is 16.4. The molecule has 38 heavy (non-hydrogen) atoms. The molecule has 0 heterocycles. The Balaban J connectivity index is 0.000000589. The van der Waals surface area contributed by atoms with E-state index in [1.165, 1.54) is 25.0 Å². The SMILES string of the molecule is CC(O)(CCO)CC(=O)O.CC(O)(CCO)CC(=O)O.c1ccc(CNCCNCc2ccccc2)cc1. The first kappa shape index (κ1) is 35.1. The molecule has 0 aliphatic rings. The van der Waals surface area contributed by atoms with E-state index in [0.717, 1.165) is 26.2 Å². The van der Waals surface area contributed by atoms with Crippen LogP contribution in [-0.4, -0.2) is 80.1 Å². The molecule has 2 aromatic rings. The molecule has 0 spiro atoms. The number of hydrogen-bond donors (Lipinski definition) is 8. The van der Waals surface area contributed by atoms with Crippen LogP contribution in [-0.2, 0) is 22.7 Å². The normalized spacial score (nSPS) is 13.5. The largest absolute Gasteiger partial charge is 0.481 e. The topological polar surface area (TPSA) is 180 Å². The Hall–Kier alpha value is -2.86. The van der Waals surface area contributed by atoms with Crippen LogP contribution in [0.1, 0.15) is 50.7 Å². The second-order valence-electron chi connectivity index (χ2n) is 9.41. The van der Waals surface area contributed by atoms with Gasteiger partial charge in [0.15, 0.2) is 0 Å². The zero-order valence-electron chi connectivity index (χ0n) is 22.3. The van der Waals surface area contributed by atoms with E-state index in [0.29, 0.717) is 0 Å². The van der Waals surface area contributed by atoms with Gasteiger partial charge in [0.25, 0.3) is 0 Å². The van der Waals surface area contributed by atoms with Gasteiger partial charge in [0.2, 0.25) is 0 Å². The van der Waals surface area contributed by atoms with Gasteiger partial charge >= 0.3 is 11.9 Å². The Kier molecular flexibility index (Phi) is 18.6. The van der Waals surface area contributed by atoms with E-state index in [4.69, 9.17) is 30.6 Å². The lowest BCUT2D eigenvalue weighted by molar-refractivity contribution is -0.143. The lowest BCUT2D eigenvalue weighted by Crippen LogP contribution is -2.28. The predicted molar refractivity (Wildman–Crippen MR) is 145 cm³/mol. The molecule has 0 amide bonds. The van der Waals surface area contributed by atoms with Crippen molar-refractivity contribution < 1.29 is 40.2 Å². The Morgan fingerprint density at radius 3 is 1.24 bits per heavy atom. The number of nitrogens with one attached hydrogen (secondary N) is 2. The van der Waals surface area contributed by atoms with Crippen molar-refractivity contribution in [2.45, 2.75) is 63.8 Å². The smallest absolute Gasteiger partial charge is 0.306 e. The minimum Gasteiger partial charge on any atom is -0.481 e. The molecule has 10 nitrogen and oxygen atoms in total. The van der Waals surface area contributed by atoms with E-state index in [2.05, 4.69) is 59.2 Å². The molecule has 0 aromatic heterocycles. The van der Waals surface area contributed by atoms with Crippen LogP contribution in [0.3, 0.4) is 0 Å². The summed E-state index contributed by atoms with van der Waals surface area (Å²) in [5.74, 6) is -2.11. The van der Waals surface area contributed by atoms with E-state index in [-0.39, 0.29) is 38.9 Å². The number of aliphatic hydroxyl groups excluding tert-OH is 2. The maximum Gasteiger partial charge on any atom is 0.306 e. The molecule has 0 aliphatic heterocycles. The predicted octanol–water partition coefficient (Wildman–Crippen LogP) is 1.76. The number of carbonyl (C=O) groups is 2. The van der Waals surface area contributed by atoms with E-state index >= 15 is 0 Å². The number of rotatable bonds is 15. The van der Waals surface area contributed by atoms with Crippen LogP contribution in [0.2, 0.25) is 0 Å².